The van der Waals surface area contributed by atoms with E-state index in [1.54, 1.807) is 19.2 Å². The molecule has 0 saturated heterocycles. The van der Waals surface area contributed by atoms with Crippen LogP contribution >= 0.6 is 11.8 Å². The van der Waals surface area contributed by atoms with Crippen molar-refractivity contribution in [3.63, 3.8) is 0 Å². The van der Waals surface area contributed by atoms with Crippen molar-refractivity contribution in [1.29, 1.82) is 0 Å². The summed E-state index contributed by atoms with van der Waals surface area (Å²) in [5.41, 5.74) is 2.28. The van der Waals surface area contributed by atoms with Crippen molar-refractivity contribution >= 4 is 22.9 Å². The van der Waals surface area contributed by atoms with Crippen LogP contribution in [0.1, 0.15) is 18.7 Å². The summed E-state index contributed by atoms with van der Waals surface area (Å²) in [4.78, 5) is 9.50. The summed E-state index contributed by atoms with van der Waals surface area (Å²) in [5, 5.41) is 9.99. The van der Waals surface area contributed by atoms with Gasteiger partial charge in [-0.05, 0) is 43.0 Å². The number of aliphatic hydroxyl groups is 1. The molecule has 96 valence electrons. The Morgan fingerprint density at radius 2 is 2.05 bits per heavy atom. The first kappa shape index (κ1) is 12.2. The molecule has 0 fully saturated rings. The Morgan fingerprint density at radius 3 is 2.74 bits per heavy atom. The van der Waals surface area contributed by atoms with Crippen molar-refractivity contribution in [2.24, 2.45) is 0 Å². The molecule has 4 nitrogen and oxygen atoms in total. The summed E-state index contributed by atoms with van der Waals surface area (Å²) < 4.78 is 5.62. The Labute approximate surface area is 114 Å². The number of hydrogen-bond donors (Lipinski definition) is 1. The van der Waals surface area contributed by atoms with Gasteiger partial charge in [0.05, 0.1) is 11.8 Å². The van der Waals surface area contributed by atoms with Crippen molar-refractivity contribution in [2.75, 3.05) is 0 Å². The standard InChI is InChI=1S/C14H12N2O2S/c1-9(17)11-7-6-10(8-15-11)19-14-16-12-4-2-3-5-13(12)18-14/h2-9,17H,1H3. The Morgan fingerprint density at radius 1 is 1.21 bits per heavy atom. The monoisotopic (exact) mass is 272 g/mol. The molecule has 2 aromatic heterocycles. The van der Waals surface area contributed by atoms with Gasteiger partial charge < -0.3 is 9.52 Å². The van der Waals surface area contributed by atoms with Gasteiger partial charge in [0.1, 0.15) is 5.52 Å². The molecule has 0 aliphatic rings. The zero-order valence-corrected chi connectivity index (χ0v) is 11.1. The van der Waals surface area contributed by atoms with E-state index in [1.165, 1.54) is 11.8 Å². The highest BCUT2D eigenvalue weighted by molar-refractivity contribution is 7.99. The number of para-hydroxylation sites is 2. The molecule has 5 heteroatoms. The Kier molecular flexibility index (Phi) is 3.23. The SMILES string of the molecule is CC(O)c1ccc(Sc2nc3ccccc3o2)cn1. The van der Waals surface area contributed by atoms with Crippen LogP contribution in [0.2, 0.25) is 0 Å². The lowest BCUT2D eigenvalue weighted by Crippen LogP contribution is -1.94. The second kappa shape index (κ2) is 5.03. The van der Waals surface area contributed by atoms with Crippen LogP contribution < -0.4 is 0 Å². The third kappa shape index (κ3) is 2.62. The first-order valence-electron chi connectivity index (χ1n) is 5.90. The van der Waals surface area contributed by atoms with Gasteiger partial charge in [-0.25, -0.2) is 4.98 Å². The van der Waals surface area contributed by atoms with Gasteiger partial charge in [-0.15, -0.1) is 0 Å². The van der Waals surface area contributed by atoms with Gasteiger partial charge in [0.2, 0.25) is 0 Å². The summed E-state index contributed by atoms with van der Waals surface area (Å²) in [6, 6.07) is 11.3. The zero-order valence-electron chi connectivity index (χ0n) is 10.3. The van der Waals surface area contributed by atoms with Crippen molar-refractivity contribution < 1.29 is 9.52 Å². The minimum atomic E-state index is -0.552. The predicted octanol–water partition coefficient (Wildman–Crippen LogP) is 3.43. The second-order valence-electron chi connectivity index (χ2n) is 4.14. The molecule has 0 saturated carbocycles. The number of aliphatic hydroxyl groups excluding tert-OH is 1. The number of oxazole rings is 1. The fraction of sp³-hybridized carbons (Fsp3) is 0.143. The Balaban J connectivity index is 1.84. The van der Waals surface area contributed by atoms with Crippen molar-refractivity contribution in [1.82, 2.24) is 9.97 Å². The fourth-order valence-electron chi connectivity index (χ4n) is 1.69. The minimum Gasteiger partial charge on any atom is -0.431 e. The zero-order chi connectivity index (χ0) is 13.2. The summed E-state index contributed by atoms with van der Waals surface area (Å²) in [7, 11) is 0. The molecule has 1 unspecified atom stereocenters. The second-order valence-corrected chi connectivity index (χ2v) is 5.17. The number of pyridine rings is 1. The van der Waals surface area contributed by atoms with Gasteiger partial charge in [0.15, 0.2) is 5.58 Å². The van der Waals surface area contributed by atoms with Crippen molar-refractivity contribution in [3.05, 3.63) is 48.3 Å². The number of aromatic nitrogens is 2. The average Bonchev–Trinajstić information content (AvgIpc) is 2.81. The highest BCUT2D eigenvalue weighted by Gasteiger charge is 2.08. The molecule has 0 aliphatic heterocycles. The molecular formula is C14H12N2O2S. The van der Waals surface area contributed by atoms with E-state index in [4.69, 9.17) is 4.42 Å². The van der Waals surface area contributed by atoms with E-state index >= 15 is 0 Å². The lowest BCUT2D eigenvalue weighted by atomic mass is 10.2. The lowest BCUT2D eigenvalue weighted by molar-refractivity contribution is 0.194. The maximum atomic E-state index is 9.40. The molecule has 0 amide bonds. The number of nitrogens with zero attached hydrogens (tertiary/aromatic N) is 2. The molecule has 2 heterocycles. The van der Waals surface area contributed by atoms with Gasteiger partial charge in [0, 0.05) is 11.1 Å². The summed E-state index contributed by atoms with van der Waals surface area (Å²) in [6.45, 7) is 1.69. The lowest BCUT2D eigenvalue weighted by Gasteiger charge is -2.03. The highest BCUT2D eigenvalue weighted by Crippen LogP contribution is 2.29. The van der Waals surface area contributed by atoms with Crippen LogP contribution in [0.15, 0.2) is 57.1 Å². The largest absolute Gasteiger partial charge is 0.431 e. The van der Waals surface area contributed by atoms with Gasteiger partial charge in [-0.1, -0.05) is 12.1 Å². The van der Waals surface area contributed by atoms with Crippen molar-refractivity contribution in [3.8, 4) is 0 Å². The van der Waals surface area contributed by atoms with Crippen LogP contribution in [-0.4, -0.2) is 15.1 Å². The topological polar surface area (TPSA) is 59.2 Å². The summed E-state index contributed by atoms with van der Waals surface area (Å²) in [5.74, 6) is 0. The molecule has 3 aromatic rings. The van der Waals surface area contributed by atoms with Gasteiger partial charge in [-0.2, -0.15) is 0 Å². The number of rotatable bonds is 3. The fourth-order valence-corrected chi connectivity index (χ4v) is 2.41. The van der Waals surface area contributed by atoms with Crippen LogP contribution in [0.5, 0.6) is 0 Å². The highest BCUT2D eigenvalue weighted by atomic mass is 32.2. The quantitative estimate of drug-likeness (QED) is 0.791. The van der Waals surface area contributed by atoms with E-state index in [0.29, 0.717) is 10.9 Å². The smallest absolute Gasteiger partial charge is 0.261 e. The molecule has 0 radical (unpaired) electrons. The first-order chi connectivity index (χ1) is 9.22. The maximum Gasteiger partial charge on any atom is 0.261 e. The Bertz CT molecular complexity index is 659. The number of hydrogen-bond acceptors (Lipinski definition) is 5. The molecule has 1 aromatic carbocycles. The van der Waals surface area contributed by atoms with E-state index in [1.807, 2.05) is 30.3 Å². The molecule has 0 spiro atoms. The van der Waals surface area contributed by atoms with Gasteiger partial charge in [-0.3, -0.25) is 4.98 Å². The third-order valence-corrected chi connectivity index (χ3v) is 3.49. The van der Waals surface area contributed by atoms with Crippen LogP contribution in [0.4, 0.5) is 0 Å². The van der Waals surface area contributed by atoms with Crippen LogP contribution in [0, 0.1) is 0 Å². The first-order valence-corrected chi connectivity index (χ1v) is 6.71. The summed E-state index contributed by atoms with van der Waals surface area (Å²) >= 11 is 1.41. The molecule has 1 N–H and O–H groups in total. The normalized spacial score (nSPS) is 12.7. The third-order valence-electron chi connectivity index (χ3n) is 2.67. The van der Waals surface area contributed by atoms with Crippen molar-refractivity contribution in [2.45, 2.75) is 23.1 Å². The Hall–Kier alpha value is -1.85. The molecule has 1 atom stereocenters. The molecular weight excluding hydrogens is 260 g/mol. The number of benzene rings is 1. The number of fused-ring (bicyclic) bond motifs is 1. The van der Waals surface area contributed by atoms with Gasteiger partial charge in [0.25, 0.3) is 5.22 Å². The molecule has 0 bridgehead atoms. The van der Waals surface area contributed by atoms with E-state index in [2.05, 4.69) is 9.97 Å². The average molecular weight is 272 g/mol. The van der Waals surface area contributed by atoms with Crippen LogP contribution in [0.25, 0.3) is 11.1 Å². The summed E-state index contributed by atoms with van der Waals surface area (Å²) in [6.07, 6.45) is 1.16. The van der Waals surface area contributed by atoms with Crippen LogP contribution in [0.3, 0.4) is 0 Å². The van der Waals surface area contributed by atoms with E-state index in [-0.39, 0.29) is 0 Å². The van der Waals surface area contributed by atoms with Gasteiger partial charge >= 0.3 is 0 Å². The molecule has 3 rings (SSSR count). The van der Waals surface area contributed by atoms with E-state index in [0.717, 1.165) is 16.0 Å². The predicted molar refractivity (Wildman–Crippen MR) is 73.0 cm³/mol. The van der Waals surface area contributed by atoms with Crippen LogP contribution in [-0.2, 0) is 0 Å². The maximum absolute atomic E-state index is 9.40. The van der Waals surface area contributed by atoms with E-state index < -0.39 is 6.10 Å². The molecule has 19 heavy (non-hydrogen) atoms. The molecule has 0 aliphatic carbocycles. The minimum absolute atomic E-state index is 0.552. The van der Waals surface area contributed by atoms with E-state index in [9.17, 15) is 5.11 Å².